The third-order valence-electron chi connectivity index (χ3n) is 6.37. The summed E-state index contributed by atoms with van der Waals surface area (Å²) in [4.78, 5) is 36.2. The van der Waals surface area contributed by atoms with E-state index in [1.807, 2.05) is 30.3 Å². The van der Waals surface area contributed by atoms with Crippen molar-refractivity contribution in [2.45, 2.75) is 44.1 Å². The Morgan fingerprint density at radius 1 is 0.864 bits per heavy atom. The molecule has 0 radical (unpaired) electrons. The minimum atomic E-state index is -6.04. The zero-order valence-corrected chi connectivity index (χ0v) is 23.1. The van der Waals surface area contributed by atoms with Gasteiger partial charge < -0.3 is 20.3 Å². The number of carboxylic acid groups (broad SMARTS) is 2. The summed E-state index contributed by atoms with van der Waals surface area (Å²) in [6, 6.07) is 20.4. The summed E-state index contributed by atoms with van der Waals surface area (Å²) < 4.78 is 69.4. The molecule has 0 spiro atoms. The monoisotopic (exact) mass is 620 g/mol. The predicted octanol–water partition coefficient (Wildman–Crippen LogP) is 6.24. The molecule has 0 bridgehead atoms. The number of alkyl halides is 5. The molecule has 0 aliphatic heterocycles. The van der Waals surface area contributed by atoms with Crippen LogP contribution in [0.4, 0.5) is 27.6 Å². The van der Waals surface area contributed by atoms with Crippen molar-refractivity contribution in [2.75, 3.05) is 11.9 Å². The Labute approximate surface area is 249 Å². The van der Waals surface area contributed by atoms with Gasteiger partial charge in [0, 0.05) is 25.2 Å². The standard InChI is InChI=1S/C31H29F5N2O6/c32-30(33,31(34,35)36)29(43)37-24-12-8-21(9-13-24)7-4-18-38(26(28(41)42)16-17-27(39)40)19-22-10-14-25(15-11-22)44-20-23-5-2-1-3-6-23/h1-15,26H,16-20H2,(H,37,43)(H,39,40)(H,41,42)/b7-4+/t26-/m0/s1. The molecule has 0 aliphatic rings. The molecule has 234 valence electrons. The van der Waals surface area contributed by atoms with E-state index in [0.29, 0.717) is 17.9 Å². The quantitative estimate of drug-likeness (QED) is 0.173. The molecule has 0 aliphatic carbocycles. The van der Waals surface area contributed by atoms with Crippen LogP contribution in [0.3, 0.4) is 0 Å². The minimum absolute atomic E-state index is 0.0686. The normalized spacial score (nSPS) is 12.7. The molecule has 0 saturated heterocycles. The van der Waals surface area contributed by atoms with E-state index in [-0.39, 0.29) is 31.6 Å². The van der Waals surface area contributed by atoms with Crippen molar-refractivity contribution >= 4 is 29.6 Å². The van der Waals surface area contributed by atoms with Crippen molar-refractivity contribution in [1.29, 1.82) is 0 Å². The number of rotatable bonds is 15. The third kappa shape index (κ3) is 9.90. The van der Waals surface area contributed by atoms with Gasteiger partial charge >= 0.3 is 29.9 Å². The molecule has 8 nitrogen and oxygen atoms in total. The molecule has 0 saturated carbocycles. The third-order valence-corrected chi connectivity index (χ3v) is 6.37. The van der Waals surface area contributed by atoms with Crippen LogP contribution in [0, 0.1) is 0 Å². The Morgan fingerprint density at radius 2 is 1.50 bits per heavy atom. The van der Waals surface area contributed by atoms with Crippen molar-refractivity contribution in [2.24, 2.45) is 0 Å². The topological polar surface area (TPSA) is 116 Å². The molecule has 0 fully saturated rings. The SMILES string of the molecule is O=C(O)CC[C@@H](C(=O)O)N(C/C=C/c1ccc(NC(=O)C(F)(F)C(F)(F)F)cc1)Cc1ccc(OCc2ccccc2)cc1. The molecule has 3 N–H and O–H groups in total. The number of halogens is 5. The van der Waals surface area contributed by atoms with Gasteiger partial charge in [-0.1, -0.05) is 66.7 Å². The first-order chi connectivity index (χ1) is 20.8. The van der Waals surface area contributed by atoms with Crippen LogP contribution >= 0.6 is 0 Å². The number of aliphatic carboxylic acids is 2. The van der Waals surface area contributed by atoms with Gasteiger partial charge in [0.15, 0.2) is 0 Å². The van der Waals surface area contributed by atoms with E-state index >= 15 is 0 Å². The van der Waals surface area contributed by atoms with E-state index in [1.54, 1.807) is 41.3 Å². The van der Waals surface area contributed by atoms with E-state index in [4.69, 9.17) is 9.84 Å². The van der Waals surface area contributed by atoms with Gasteiger partial charge in [-0.3, -0.25) is 19.3 Å². The van der Waals surface area contributed by atoms with Crippen molar-refractivity contribution in [1.82, 2.24) is 4.90 Å². The molecular weight excluding hydrogens is 591 g/mol. The van der Waals surface area contributed by atoms with Crippen molar-refractivity contribution in [3.05, 3.63) is 102 Å². The number of carboxylic acids is 2. The summed E-state index contributed by atoms with van der Waals surface area (Å²) in [6.45, 7) is 0.582. The van der Waals surface area contributed by atoms with Crippen LogP contribution in [-0.2, 0) is 27.5 Å². The average molecular weight is 621 g/mol. The number of carbonyl (C=O) groups is 3. The summed E-state index contributed by atoms with van der Waals surface area (Å²) in [5.41, 5.74) is 1.92. The Bertz CT molecular complexity index is 1430. The predicted molar refractivity (Wildman–Crippen MR) is 151 cm³/mol. The Kier molecular flexibility index (Phi) is 11.6. The van der Waals surface area contributed by atoms with E-state index in [2.05, 4.69) is 0 Å². The average Bonchev–Trinajstić information content (AvgIpc) is 2.97. The first-order valence-corrected chi connectivity index (χ1v) is 13.2. The van der Waals surface area contributed by atoms with Crippen molar-refractivity contribution in [3.63, 3.8) is 0 Å². The van der Waals surface area contributed by atoms with Gasteiger partial charge in [-0.05, 0) is 47.4 Å². The van der Waals surface area contributed by atoms with Crippen molar-refractivity contribution < 1.29 is 51.3 Å². The smallest absolute Gasteiger partial charge is 0.463 e. The Hall–Kier alpha value is -4.78. The fraction of sp³-hybridized carbons (Fsp3) is 0.258. The Morgan fingerprint density at radius 3 is 2.07 bits per heavy atom. The van der Waals surface area contributed by atoms with Crippen LogP contribution in [0.25, 0.3) is 6.08 Å². The minimum Gasteiger partial charge on any atom is -0.489 e. The van der Waals surface area contributed by atoms with Crippen molar-refractivity contribution in [3.8, 4) is 5.75 Å². The molecule has 0 heterocycles. The molecule has 44 heavy (non-hydrogen) atoms. The largest absolute Gasteiger partial charge is 0.489 e. The van der Waals surface area contributed by atoms with Crippen LogP contribution in [0.15, 0.2) is 84.9 Å². The maximum atomic E-state index is 13.2. The van der Waals surface area contributed by atoms with Gasteiger partial charge in [0.25, 0.3) is 0 Å². The number of anilines is 1. The first kappa shape index (κ1) is 33.7. The molecule has 3 aromatic carbocycles. The lowest BCUT2D eigenvalue weighted by Crippen LogP contribution is -2.47. The second kappa shape index (κ2) is 15.1. The molecule has 1 amide bonds. The van der Waals surface area contributed by atoms with Gasteiger partial charge in [-0.25, -0.2) is 0 Å². The molecule has 0 unspecified atom stereocenters. The maximum Gasteiger partial charge on any atom is 0.463 e. The zero-order valence-electron chi connectivity index (χ0n) is 23.1. The number of nitrogens with one attached hydrogen (secondary N) is 1. The molecular formula is C31H29F5N2O6. The lowest BCUT2D eigenvalue weighted by molar-refractivity contribution is -0.267. The first-order valence-electron chi connectivity index (χ1n) is 13.2. The zero-order chi connectivity index (χ0) is 32.3. The van der Waals surface area contributed by atoms with E-state index in [0.717, 1.165) is 23.3 Å². The summed E-state index contributed by atoms with van der Waals surface area (Å²) >= 11 is 0. The molecule has 1 atom stereocenters. The van der Waals surface area contributed by atoms with Crippen LogP contribution in [0.1, 0.15) is 29.5 Å². The highest BCUT2D eigenvalue weighted by Gasteiger charge is 2.63. The van der Waals surface area contributed by atoms with Gasteiger partial charge in [0.05, 0.1) is 0 Å². The van der Waals surface area contributed by atoms with Gasteiger partial charge in [-0.15, -0.1) is 0 Å². The number of amides is 1. The molecule has 13 heteroatoms. The highest BCUT2D eigenvalue weighted by Crippen LogP contribution is 2.36. The number of hydrogen-bond donors (Lipinski definition) is 3. The lowest BCUT2D eigenvalue weighted by atomic mass is 10.1. The summed E-state index contributed by atoms with van der Waals surface area (Å²) in [5, 5.41) is 20.5. The van der Waals surface area contributed by atoms with E-state index in [1.165, 1.54) is 17.4 Å². The number of carbonyl (C=O) groups excluding carboxylic acids is 1. The molecule has 3 rings (SSSR count). The second-order valence-electron chi connectivity index (χ2n) is 9.68. The second-order valence-corrected chi connectivity index (χ2v) is 9.68. The van der Waals surface area contributed by atoms with E-state index in [9.17, 15) is 41.4 Å². The number of nitrogens with zero attached hydrogens (tertiary/aromatic N) is 1. The molecule has 3 aromatic rings. The van der Waals surface area contributed by atoms with E-state index < -0.39 is 36.0 Å². The van der Waals surface area contributed by atoms with Crippen LogP contribution in [0.5, 0.6) is 5.75 Å². The fourth-order valence-electron chi connectivity index (χ4n) is 4.03. The number of hydrogen-bond acceptors (Lipinski definition) is 5. The van der Waals surface area contributed by atoms with Crippen LogP contribution in [0.2, 0.25) is 0 Å². The van der Waals surface area contributed by atoms with Gasteiger partial charge in [0.2, 0.25) is 0 Å². The summed E-state index contributed by atoms with van der Waals surface area (Å²) in [6.07, 6.45) is -3.42. The maximum absolute atomic E-state index is 13.2. The summed E-state index contributed by atoms with van der Waals surface area (Å²) in [7, 11) is 0. The number of ether oxygens (including phenoxy) is 1. The fourth-order valence-corrected chi connectivity index (χ4v) is 4.03. The van der Waals surface area contributed by atoms with Gasteiger partial charge in [-0.2, -0.15) is 22.0 Å². The van der Waals surface area contributed by atoms with Crippen LogP contribution < -0.4 is 10.1 Å². The highest BCUT2D eigenvalue weighted by atomic mass is 19.4. The molecule has 0 aromatic heterocycles. The van der Waals surface area contributed by atoms with Gasteiger partial charge in [0.1, 0.15) is 18.4 Å². The number of benzene rings is 3. The Balaban J connectivity index is 1.69. The highest BCUT2D eigenvalue weighted by molar-refractivity contribution is 5.96. The van der Waals surface area contributed by atoms with Crippen LogP contribution in [-0.4, -0.2) is 57.6 Å². The lowest BCUT2D eigenvalue weighted by Gasteiger charge is -2.27. The summed E-state index contributed by atoms with van der Waals surface area (Å²) in [5.74, 6) is -9.83.